The molecule has 206 valence electrons. The van der Waals surface area contributed by atoms with Gasteiger partial charge in [0.05, 0.1) is 34.8 Å². The summed E-state index contributed by atoms with van der Waals surface area (Å²) in [5.74, 6) is 1.24. The lowest BCUT2D eigenvalue weighted by Crippen LogP contribution is -2.15. The van der Waals surface area contributed by atoms with Crippen molar-refractivity contribution in [3.63, 3.8) is 0 Å². The minimum Gasteiger partial charge on any atom is -0.394 e. The number of benzene rings is 2. The summed E-state index contributed by atoms with van der Waals surface area (Å²) >= 11 is 0. The lowest BCUT2D eigenvalue weighted by Gasteiger charge is -2.20. The Morgan fingerprint density at radius 1 is 1.05 bits per heavy atom. The number of hydrogen-bond donors (Lipinski definition) is 4. The average Bonchev–Trinajstić information content (AvgIpc) is 3.62. The number of anilines is 3. The molecule has 0 radical (unpaired) electrons. The van der Waals surface area contributed by atoms with Gasteiger partial charge in [-0.2, -0.15) is 4.98 Å². The van der Waals surface area contributed by atoms with Crippen LogP contribution in [0, 0.1) is 0 Å². The summed E-state index contributed by atoms with van der Waals surface area (Å²) < 4.78 is 7.47. The number of aliphatic hydroxyl groups excluding tert-OH is 1. The number of nitrogens with one attached hydrogen (secondary N) is 3. The zero-order valence-corrected chi connectivity index (χ0v) is 22.4. The van der Waals surface area contributed by atoms with Crippen LogP contribution in [0.4, 0.5) is 17.2 Å². The van der Waals surface area contributed by atoms with Gasteiger partial charge in [0.2, 0.25) is 5.82 Å². The van der Waals surface area contributed by atoms with Crippen molar-refractivity contribution < 1.29 is 9.63 Å². The molecule has 0 fully saturated rings. The van der Waals surface area contributed by atoms with Gasteiger partial charge in [0.15, 0.2) is 0 Å². The molecular weight excluding hydrogens is 520 g/mol. The summed E-state index contributed by atoms with van der Waals surface area (Å²) in [6.07, 6.45) is 4.97. The molecular formula is C30H28N8O3. The maximum absolute atomic E-state index is 12.4. The number of aromatic amines is 1. The van der Waals surface area contributed by atoms with Crippen LogP contribution in [0.2, 0.25) is 0 Å². The van der Waals surface area contributed by atoms with Gasteiger partial charge in [0.1, 0.15) is 5.82 Å². The summed E-state index contributed by atoms with van der Waals surface area (Å²) in [7, 11) is 0. The van der Waals surface area contributed by atoms with E-state index < -0.39 is 6.04 Å². The molecule has 11 heteroatoms. The predicted molar refractivity (Wildman–Crippen MR) is 157 cm³/mol. The van der Waals surface area contributed by atoms with Crippen LogP contribution >= 0.6 is 0 Å². The van der Waals surface area contributed by atoms with Crippen LogP contribution in [0.5, 0.6) is 0 Å². The number of fused-ring (bicyclic) bond motifs is 1. The summed E-state index contributed by atoms with van der Waals surface area (Å²) in [5, 5.41) is 24.7. The molecule has 11 nitrogen and oxygen atoms in total. The van der Waals surface area contributed by atoms with Gasteiger partial charge >= 0.3 is 0 Å². The Hall–Kier alpha value is -5.29. The van der Waals surface area contributed by atoms with E-state index in [0.29, 0.717) is 28.3 Å². The van der Waals surface area contributed by atoms with E-state index in [1.54, 1.807) is 36.8 Å². The van der Waals surface area contributed by atoms with Crippen molar-refractivity contribution in [1.82, 2.24) is 29.9 Å². The maximum atomic E-state index is 12.4. The average molecular weight is 549 g/mol. The van der Waals surface area contributed by atoms with Crippen molar-refractivity contribution >= 4 is 28.1 Å². The number of rotatable bonds is 9. The zero-order valence-electron chi connectivity index (χ0n) is 22.4. The third-order valence-corrected chi connectivity index (χ3v) is 6.73. The van der Waals surface area contributed by atoms with Crippen LogP contribution < -0.4 is 16.2 Å². The first kappa shape index (κ1) is 26.0. The summed E-state index contributed by atoms with van der Waals surface area (Å²) in [6.45, 7) is 3.88. The standard InChI is InChI=1S/C30H28N8O3/c1-18(2)38-26-14-21(8-9-22(26)29(40)36-38)33-27-15-24(34-25(17-39)19-6-4-3-5-7-19)23(16-32-27)30-35-28(37-41-30)20-10-12-31-13-11-20/h3-16,18,25,39H,17H2,1-2H3,(H,36,40)(H2,32,33,34)/t25-/m1/s1. The molecule has 0 amide bonds. The summed E-state index contributed by atoms with van der Waals surface area (Å²) in [5.41, 5.74) is 4.33. The Labute approximate surface area is 234 Å². The maximum Gasteiger partial charge on any atom is 0.271 e. The molecule has 0 aliphatic rings. The molecule has 0 spiro atoms. The van der Waals surface area contributed by atoms with Crippen molar-refractivity contribution in [1.29, 1.82) is 0 Å². The van der Waals surface area contributed by atoms with E-state index in [-0.39, 0.29) is 24.1 Å². The Kier molecular flexibility index (Phi) is 7.00. The molecule has 6 aromatic rings. The van der Waals surface area contributed by atoms with Crippen LogP contribution in [0.1, 0.15) is 31.5 Å². The first-order valence-electron chi connectivity index (χ1n) is 13.2. The number of pyridine rings is 2. The van der Waals surface area contributed by atoms with Gasteiger partial charge in [-0.15, -0.1) is 0 Å². The van der Waals surface area contributed by atoms with E-state index in [9.17, 15) is 9.90 Å². The highest BCUT2D eigenvalue weighted by atomic mass is 16.5. The largest absolute Gasteiger partial charge is 0.394 e. The highest BCUT2D eigenvalue weighted by Crippen LogP contribution is 2.33. The number of nitrogens with zero attached hydrogens (tertiary/aromatic N) is 5. The van der Waals surface area contributed by atoms with E-state index in [2.05, 4.69) is 35.8 Å². The van der Waals surface area contributed by atoms with Crippen molar-refractivity contribution in [2.24, 2.45) is 0 Å². The van der Waals surface area contributed by atoms with E-state index in [0.717, 1.165) is 22.3 Å². The molecule has 0 aliphatic carbocycles. The molecule has 6 rings (SSSR count). The van der Waals surface area contributed by atoms with Crippen LogP contribution in [-0.2, 0) is 0 Å². The van der Waals surface area contributed by atoms with Crippen molar-refractivity contribution in [3.05, 3.63) is 101 Å². The predicted octanol–water partition coefficient (Wildman–Crippen LogP) is 5.31. The van der Waals surface area contributed by atoms with Crippen LogP contribution in [0.15, 0.2) is 94.6 Å². The van der Waals surface area contributed by atoms with Crippen LogP contribution in [0.3, 0.4) is 0 Å². The first-order chi connectivity index (χ1) is 20.0. The topological polar surface area (TPSA) is 147 Å². The minimum absolute atomic E-state index is 0.0866. The molecule has 4 aromatic heterocycles. The van der Waals surface area contributed by atoms with Crippen LogP contribution in [0.25, 0.3) is 33.7 Å². The van der Waals surface area contributed by atoms with E-state index in [1.165, 1.54) is 0 Å². The van der Waals surface area contributed by atoms with E-state index in [4.69, 9.17) is 4.52 Å². The molecule has 2 aromatic carbocycles. The molecule has 0 bridgehead atoms. The van der Waals surface area contributed by atoms with Gasteiger partial charge in [-0.05, 0) is 49.7 Å². The molecule has 0 unspecified atom stereocenters. The highest BCUT2D eigenvalue weighted by Gasteiger charge is 2.19. The van der Waals surface area contributed by atoms with Crippen molar-refractivity contribution in [2.45, 2.75) is 25.9 Å². The van der Waals surface area contributed by atoms with Crippen molar-refractivity contribution in [2.75, 3.05) is 17.2 Å². The number of H-pyrrole nitrogens is 1. The third kappa shape index (κ3) is 5.30. The van der Waals surface area contributed by atoms with E-state index in [1.807, 2.05) is 67.1 Å². The minimum atomic E-state index is -0.399. The van der Waals surface area contributed by atoms with Gasteiger partial charge in [0, 0.05) is 41.9 Å². The Balaban J connectivity index is 1.38. The number of aliphatic hydroxyl groups is 1. The van der Waals surface area contributed by atoms with Gasteiger partial charge in [-0.3, -0.25) is 19.6 Å². The molecule has 0 aliphatic heterocycles. The monoisotopic (exact) mass is 548 g/mol. The molecule has 0 saturated heterocycles. The quantitative estimate of drug-likeness (QED) is 0.189. The number of hydrogen-bond acceptors (Lipinski definition) is 9. The van der Waals surface area contributed by atoms with Crippen LogP contribution in [-0.4, -0.2) is 41.6 Å². The lowest BCUT2D eigenvalue weighted by molar-refractivity contribution is 0.276. The second-order valence-corrected chi connectivity index (χ2v) is 9.83. The normalized spacial score (nSPS) is 12.1. The summed E-state index contributed by atoms with van der Waals surface area (Å²) in [4.78, 5) is 25.6. The third-order valence-electron chi connectivity index (χ3n) is 6.73. The fourth-order valence-electron chi connectivity index (χ4n) is 4.66. The molecule has 0 saturated carbocycles. The lowest BCUT2D eigenvalue weighted by atomic mass is 10.1. The molecule has 41 heavy (non-hydrogen) atoms. The molecule has 1 atom stereocenters. The van der Waals surface area contributed by atoms with Crippen molar-refractivity contribution in [3.8, 4) is 22.8 Å². The van der Waals surface area contributed by atoms with Gasteiger partial charge in [-0.1, -0.05) is 35.5 Å². The smallest absolute Gasteiger partial charge is 0.271 e. The van der Waals surface area contributed by atoms with E-state index >= 15 is 0 Å². The zero-order chi connectivity index (χ0) is 28.3. The fourth-order valence-corrected chi connectivity index (χ4v) is 4.66. The molecule has 4 heterocycles. The second-order valence-electron chi connectivity index (χ2n) is 9.83. The first-order valence-corrected chi connectivity index (χ1v) is 13.2. The van der Waals surface area contributed by atoms with Gasteiger partial charge in [0.25, 0.3) is 11.4 Å². The molecule has 4 N–H and O–H groups in total. The fraction of sp³-hybridized carbons (Fsp3) is 0.167. The highest BCUT2D eigenvalue weighted by molar-refractivity contribution is 5.84. The van der Waals surface area contributed by atoms with Gasteiger partial charge < -0.3 is 20.3 Å². The number of aromatic nitrogens is 6. The summed E-state index contributed by atoms with van der Waals surface area (Å²) in [6, 6.07) is 20.3. The SMILES string of the molecule is CC(C)n1[nH]c(=O)c2ccc(Nc3cc(N[C@H](CO)c4ccccc4)c(-c4nc(-c5ccncc5)no4)cn3)cc21. The Morgan fingerprint density at radius 3 is 2.61 bits per heavy atom. The Morgan fingerprint density at radius 2 is 1.85 bits per heavy atom. The van der Waals surface area contributed by atoms with Gasteiger partial charge in [-0.25, -0.2) is 4.98 Å². The second kappa shape index (κ2) is 11.1. The Bertz CT molecular complexity index is 1840.